The van der Waals surface area contributed by atoms with Crippen LogP contribution in [0.15, 0.2) is 48.1 Å². The number of hydrogen-bond acceptors (Lipinski definition) is 4. The lowest BCUT2D eigenvalue weighted by Gasteiger charge is -2.08. The van der Waals surface area contributed by atoms with Crippen LogP contribution in [0.3, 0.4) is 0 Å². The molecule has 1 aliphatic rings. The van der Waals surface area contributed by atoms with Crippen molar-refractivity contribution in [2.75, 3.05) is 11.3 Å². The van der Waals surface area contributed by atoms with Crippen LogP contribution in [-0.4, -0.2) is 30.9 Å². The second-order valence-electron chi connectivity index (χ2n) is 5.45. The van der Waals surface area contributed by atoms with Crippen molar-refractivity contribution in [1.82, 2.24) is 9.78 Å². The van der Waals surface area contributed by atoms with E-state index in [1.165, 1.54) is 6.20 Å². The van der Waals surface area contributed by atoms with E-state index >= 15 is 0 Å². The zero-order valence-electron chi connectivity index (χ0n) is 12.6. The van der Waals surface area contributed by atoms with Gasteiger partial charge in [0.25, 0.3) is 10.0 Å². The first kappa shape index (κ1) is 15.8. The number of aromatic nitrogens is 2. The van der Waals surface area contributed by atoms with Crippen LogP contribution >= 0.6 is 0 Å². The van der Waals surface area contributed by atoms with Crippen LogP contribution < -0.4 is 4.72 Å². The molecule has 0 spiro atoms. The van der Waals surface area contributed by atoms with Crippen LogP contribution in [0.5, 0.6) is 0 Å². The summed E-state index contributed by atoms with van der Waals surface area (Å²) in [6.07, 6.45) is 6.98. The van der Waals surface area contributed by atoms with Crippen LogP contribution in [0, 0.1) is 0 Å². The van der Waals surface area contributed by atoms with Gasteiger partial charge in [-0.2, -0.15) is 5.10 Å². The molecule has 6 nitrogen and oxygen atoms in total. The van der Waals surface area contributed by atoms with Gasteiger partial charge in [0.15, 0.2) is 0 Å². The SMILES string of the molecule is O=S(=O)(/C=C/c1ccccc1)Nc1cnn(C[C@@H]2CCCO2)c1. The van der Waals surface area contributed by atoms with Gasteiger partial charge in [0.2, 0.25) is 0 Å². The van der Waals surface area contributed by atoms with Crippen LogP contribution in [0.2, 0.25) is 0 Å². The summed E-state index contributed by atoms with van der Waals surface area (Å²) in [5, 5.41) is 5.32. The molecule has 2 heterocycles. The summed E-state index contributed by atoms with van der Waals surface area (Å²) in [4.78, 5) is 0. The van der Waals surface area contributed by atoms with Gasteiger partial charge in [0, 0.05) is 12.8 Å². The molecule has 0 unspecified atom stereocenters. The highest BCUT2D eigenvalue weighted by Crippen LogP contribution is 2.15. The Hall–Kier alpha value is -2.12. The van der Waals surface area contributed by atoms with Crippen molar-refractivity contribution in [1.29, 1.82) is 0 Å². The molecule has 7 heteroatoms. The summed E-state index contributed by atoms with van der Waals surface area (Å²) >= 11 is 0. The van der Waals surface area contributed by atoms with E-state index in [1.54, 1.807) is 17.0 Å². The molecule has 0 amide bonds. The third kappa shape index (κ3) is 4.67. The Morgan fingerprint density at radius 1 is 1.35 bits per heavy atom. The number of benzene rings is 1. The standard InChI is InChI=1S/C16H19N3O3S/c20-23(21,10-8-14-5-2-1-3-6-14)18-15-11-17-19(12-15)13-16-7-4-9-22-16/h1-3,5-6,8,10-12,16,18H,4,7,9,13H2/b10-8+/t16-/m0/s1. The predicted octanol–water partition coefficient (Wildman–Crippen LogP) is 2.47. The van der Waals surface area contributed by atoms with Crippen molar-refractivity contribution in [2.45, 2.75) is 25.5 Å². The second-order valence-corrected chi connectivity index (χ2v) is 7.01. The van der Waals surface area contributed by atoms with Crippen LogP contribution in [-0.2, 0) is 21.3 Å². The molecule has 1 atom stereocenters. The first-order valence-electron chi connectivity index (χ1n) is 7.51. The maximum absolute atomic E-state index is 12.1. The van der Waals surface area contributed by atoms with Crippen molar-refractivity contribution in [2.24, 2.45) is 0 Å². The number of hydrogen-bond donors (Lipinski definition) is 1. The van der Waals surface area contributed by atoms with Crippen molar-refractivity contribution in [3.8, 4) is 0 Å². The molecule has 2 aromatic rings. The van der Waals surface area contributed by atoms with Gasteiger partial charge in [0.05, 0.1) is 29.9 Å². The first-order chi connectivity index (χ1) is 11.1. The molecule has 1 saturated heterocycles. The van der Waals surface area contributed by atoms with E-state index in [1.807, 2.05) is 30.3 Å². The number of ether oxygens (including phenoxy) is 1. The zero-order chi connectivity index (χ0) is 16.1. The van der Waals surface area contributed by atoms with Gasteiger partial charge in [-0.05, 0) is 24.5 Å². The first-order valence-corrected chi connectivity index (χ1v) is 9.05. The van der Waals surface area contributed by atoms with Gasteiger partial charge in [0.1, 0.15) is 0 Å². The molecule has 1 N–H and O–H groups in total. The average Bonchev–Trinajstić information content (AvgIpc) is 3.19. The van der Waals surface area contributed by atoms with Crippen LogP contribution in [0.4, 0.5) is 5.69 Å². The Balaban J connectivity index is 1.61. The van der Waals surface area contributed by atoms with Gasteiger partial charge in [-0.25, -0.2) is 8.42 Å². The fourth-order valence-corrected chi connectivity index (χ4v) is 3.28. The summed E-state index contributed by atoms with van der Waals surface area (Å²) in [6, 6.07) is 9.27. The Bertz CT molecular complexity index is 763. The molecule has 1 aliphatic heterocycles. The molecular formula is C16H19N3O3S. The van der Waals surface area contributed by atoms with Gasteiger partial charge in [-0.1, -0.05) is 30.3 Å². The molecular weight excluding hydrogens is 314 g/mol. The van der Waals surface area contributed by atoms with Gasteiger partial charge in [-0.15, -0.1) is 0 Å². The molecule has 0 saturated carbocycles. The Morgan fingerprint density at radius 3 is 2.91 bits per heavy atom. The monoisotopic (exact) mass is 333 g/mol. The molecule has 0 aliphatic carbocycles. The van der Waals surface area contributed by atoms with E-state index in [0.29, 0.717) is 12.2 Å². The predicted molar refractivity (Wildman–Crippen MR) is 89.2 cm³/mol. The Kier molecular flexibility index (Phi) is 4.78. The summed E-state index contributed by atoms with van der Waals surface area (Å²) < 4.78 is 33.9. The van der Waals surface area contributed by atoms with Gasteiger partial charge < -0.3 is 4.74 Å². The zero-order valence-corrected chi connectivity index (χ0v) is 13.4. The number of sulfonamides is 1. The molecule has 1 aromatic heterocycles. The molecule has 0 bridgehead atoms. The van der Waals surface area contributed by atoms with Crippen molar-refractivity contribution < 1.29 is 13.2 Å². The minimum absolute atomic E-state index is 0.164. The van der Waals surface area contributed by atoms with Crippen LogP contribution in [0.1, 0.15) is 18.4 Å². The Labute approximate surface area is 135 Å². The lowest BCUT2D eigenvalue weighted by atomic mass is 10.2. The van der Waals surface area contributed by atoms with Crippen LogP contribution in [0.25, 0.3) is 6.08 Å². The smallest absolute Gasteiger partial charge is 0.255 e. The summed E-state index contributed by atoms with van der Waals surface area (Å²) in [5.74, 6) is 0. The van der Waals surface area contributed by atoms with E-state index in [9.17, 15) is 8.42 Å². The minimum atomic E-state index is -3.56. The minimum Gasteiger partial charge on any atom is -0.376 e. The molecule has 23 heavy (non-hydrogen) atoms. The number of nitrogens with one attached hydrogen (secondary N) is 1. The van der Waals surface area contributed by atoms with E-state index in [-0.39, 0.29) is 6.10 Å². The molecule has 3 rings (SSSR count). The summed E-state index contributed by atoms with van der Waals surface area (Å²) in [6.45, 7) is 1.43. The lowest BCUT2D eigenvalue weighted by Crippen LogP contribution is -2.15. The van der Waals surface area contributed by atoms with E-state index in [0.717, 1.165) is 30.4 Å². The second kappa shape index (κ2) is 6.97. The fraction of sp³-hybridized carbons (Fsp3) is 0.312. The molecule has 1 aromatic carbocycles. The molecule has 1 fully saturated rings. The quantitative estimate of drug-likeness (QED) is 0.881. The van der Waals surface area contributed by atoms with Crippen molar-refractivity contribution in [3.05, 3.63) is 53.7 Å². The van der Waals surface area contributed by atoms with E-state index < -0.39 is 10.0 Å². The third-order valence-electron chi connectivity index (χ3n) is 3.55. The highest BCUT2D eigenvalue weighted by molar-refractivity contribution is 7.95. The Morgan fingerprint density at radius 2 is 2.17 bits per heavy atom. The van der Waals surface area contributed by atoms with E-state index in [2.05, 4.69) is 9.82 Å². The fourth-order valence-electron chi connectivity index (χ4n) is 2.44. The highest BCUT2D eigenvalue weighted by atomic mass is 32.2. The largest absolute Gasteiger partial charge is 0.376 e. The normalized spacial score (nSPS) is 18.5. The van der Waals surface area contributed by atoms with Gasteiger partial charge >= 0.3 is 0 Å². The molecule has 122 valence electrons. The maximum atomic E-state index is 12.1. The number of nitrogens with zero attached hydrogens (tertiary/aromatic N) is 2. The number of anilines is 1. The van der Waals surface area contributed by atoms with Gasteiger partial charge in [-0.3, -0.25) is 9.40 Å². The molecule has 0 radical (unpaired) electrons. The third-order valence-corrected chi connectivity index (χ3v) is 4.56. The van der Waals surface area contributed by atoms with Crippen molar-refractivity contribution >= 4 is 21.8 Å². The topological polar surface area (TPSA) is 73.2 Å². The average molecular weight is 333 g/mol. The highest BCUT2D eigenvalue weighted by Gasteiger charge is 2.16. The van der Waals surface area contributed by atoms with E-state index in [4.69, 9.17) is 4.74 Å². The lowest BCUT2D eigenvalue weighted by molar-refractivity contribution is 0.0940. The summed E-state index contributed by atoms with van der Waals surface area (Å²) in [5.41, 5.74) is 1.27. The maximum Gasteiger partial charge on any atom is 0.255 e. The number of rotatable bonds is 6. The van der Waals surface area contributed by atoms with Crippen molar-refractivity contribution in [3.63, 3.8) is 0 Å². The summed E-state index contributed by atoms with van der Waals surface area (Å²) in [7, 11) is -3.56.